The predicted octanol–water partition coefficient (Wildman–Crippen LogP) is 1.48. The second kappa shape index (κ2) is 8.72. The van der Waals surface area contributed by atoms with Gasteiger partial charge in [0.2, 0.25) is 5.91 Å². The summed E-state index contributed by atoms with van der Waals surface area (Å²) >= 11 is 1.45. The lowest BCUT2D eigenvalue weighted by Gasteiger charge is -2.26. The number of ether oxygens (including phenoxy) is 2. The third kappa shape index (κ3) is 4.70. The molecule has 0 radical (unpaired) electrons. The largest absolute Gasteiger partial charge is 0.379 e. The number of hydrogen-bond donors (Lipinski definition) is 3. The van der Waals surface area contributed by atoms with E-state index in [0.29, 0.717) is 44.6 Å². The van der Waals surface area contributed by atoms with Crippen molar-refractivity contribution in [1.82, 2.24) is 15.2 Å². The Morgan fingerprint density at radius 3 is 2.86 bits per heavy atom. The number of nitrogens with one attached hydrogen (secondary N) is 3. The maximum atomic E-state index is 12.3. The molecular weight excluding hydrogens is 382 g/mol. The Hall–Kier alpha value is -2.43. The number of morpholine rings is 1. The van der Waals surface area contributed by atoms with Crippen molar-refractivity contribution < 1.29 is 19.1 Å². The van der Waals surface area contributed by atoms with Crippen molar-refractivity contribution in [3.05, 3.63) is 18.2 Å². The van der Waals surface area contributed by atoms with E-state index in [1.54, 1.807) is 4.90 Å². The number of nitrogens with zero attached hydrogens (tertiary/aromatic N) is 2. The van der Waals surface area contributed by atoms with E-state index in [9.17, 15) is 9.59 Å². The zero-order valence-corrected chi connectivity index (χ0v) is 16.2. The lowest BCUT2D eigenvalue weighted by atomic mass is 10.2. The van der Waals surface area contributed by atoms with Gasteiger partial charge in [0.1, 0.15) is 0 Å². The summed E-state index contributed by atoms with van der Waals surface area (Å²) in [4.78, 5) is 30.5. The molecule has 2 aliphatic rings. The fourth-order valence-corrected chi connectivity index (χ4v) is 4.03. The zero-order chi connectivity index (χ0) is 19.3. The molecule has 150 valence electrons. The van der Waals surface area contributed by atoms with E-state index in [0.717, 1.165) is 22.3 Å². The molecule has 0 spiro atoms. The monoisotopic (exact) mass is 405 g/mol. The van der Waals surface area contributed by atoms with Gasteiger partial charge in [-0.2, -0.15) is 0 Å². The number of rotatable bonds is 5. The molecule has 28 heavy (non-hydrogen) atoms. The number of benzene rings is 1. The first-order valence-corrected chi connectivity index (χ1v) is 10.1. The second-order valence-electron chi connectivity index (χ2n) is 6.71. The molecule has 1 atom stereocenters. The van der Waals surface area contributed by atoms with E-state index in [2.05, 4.69) is 20.9 Å². The van der Waals surface area contributed by atoms with Crippen molar-refractivity contribution in [3.63, 3.8) is 0 Å². The van der Waals surface area contributed by atoms with Gasteiger partial charge in [0.05, 0.1) is 42.6 Å². The molecule has 3 N–H and O–H groups in total. The van der Waals surface area contributed by atoms with Crippen LogP contribution in [0.5, 0.6) is 0 Å². The van der Waals surface area contributed by atoms with Gasteiger partial charge in [-0.3, -0.25) is 4.79 Å². The molecular formula is C18H23N5O4S. The van der Waals surface area contributed by atoms with Crippen molar-refractivity contribution in [2.24, 2.45) is 0 Å². The van der Waals surface area contributed by atoms with Crippen molar-refractivity contribution in [2.45, 2.75) is 12.5 Å². The van der Waals surface area contributed by atoms with Gasteiger partial charge in [0.25, 0.3) is 0 Å². The van der Waals surface area contributed by atoms with Crippen molar-refractivity contribution >= 4 is 44.3 Å². The van der Waals surface area contributed by atoms with Crippen LogP contribution in [0.25, 0.3) is 10.2 Å². The van der Waals surface area contributed by atoms with Gasteiger partial charge in [-0.1, -0.05) is 11.3 Å². The van der Waals surface area contributed by atoms with Crippen LogP contribution in [-0.2, 0) is 14.3 Å². The molecule has 9 nitrogen and oxygen atoms in total. The number of fused-ring (bicyclic) bond motifs is 1. The van der Waals surface area contributed by atoms with Crippen LogP contribution in [0.4, 0.5) is 15.6 Å². The molecule has 2 aliphatic heterocycles. The summed E-state index contributed by atoms with van der Waals surface area (Å²) in [7, 11) is 0. The number of aromatic nitrogens is 1. The van der Waals surface area contributed by atoms with Crippen LogP contribution in [0.1, 0.15) is 6.42 Å². The number of urea groups is 1. The van der Waals surface area contributed by atoms with E-state index in [4.69, 9.17) is 9.47 Å². The van der Waals surface area contributed by atoms with Crippen molar-refractivity contribution in [3.8, 4) is 0 Å². The van der Waals surface area contributed by atoms with Crippen LogP contribution in [-0.4, -0.2) is 73.9 Å². The maximum absolute atomic E-state index is 12.3. The summed E-state index contributed by atoms with van der Waals surface area (Å²) in [6.45, 7) is 3.76. The summed E-state index contributed by atoms with van der Waals surface area (Å²) in [5.74, 6) is -0.0757. The van der Waals surface area contributed by atoms with Crippen LogP contribution in [0.3, 0.4) is 0 Å². The predicted molar refractivity (Wildman–Crippen MR) is 107 cm³/mol. The van der Waals surface area contributed by atoms with Gasteiger partial charge in [0, 0.05) is 25.4 Å². The van der Waals surface area contributed by atoms with Crippen LogP contribution in [0, 0.1) is 0 Å². The minimum absolute atomic E-state index is 0.0757. The number of carbonyl (C=O) groups is 2. The molecule has 10 heteroatoms. The molecule has 1 aromatic heterocycles. The van der Waals surface area contributed by atoms with Gasteiger partial charge in [0.15, 0.2) is 5.13 Å². The summed E-state index contributed by atoms with van der Waals surface area (Å²) in [5, 5.41) is 9.59. The fraction of sp³-hybridized carbons (Fsp3) is 0.500. The van der Waals surface area contributed by atoms with Crippen LogP contribution in [0.15, 0.2) is 18.2 Å². The molecule has 4 rings (SSSR count). The van der Waals surface area contributed by atoms with E-state index >= 15 is 0 Å². The molecule has 0 aliphatic carbocycles. The lowest BCUT2D eigenvalue weighted by Crippen LogP contribution is -2.43. The third-order valence-corrected chi connectivity index (χ3v) is 5.61. The average Bonchev–Trinajstić information content (AvgIpc) is 3.36. The van der Waals surface area contributed by atoms with Crippen LogP contribution < -0.4 is 16.0 Å². The molecule has 0 saturated carbocycles. The molecule has 0 bridgehead atoms. The Morgan fingerprint density at radius 1 is 1.21 bits per heavy atom. The van der Waals surface area contributed by atoms with E-state index in [1.165, 1.54) is 11.3 Å². The summed E-state index contributed by atoms with van der Waals surface area (Å²) in [5.41, 5.74) is 1.54. The maximum Gasteiger partial charge on any atom is 0.322 e. The minimum Gasteiger partial charge on any atom is -0.379 e. The topological polar surface area (TPSA) is 105 Å². The average molecular weight is 405 g/mol. The number of thiazole rings is 1. The lowest BCUT2D eigenvalue weighted by molar-refractivity contribution is -0.120. The first kappa shape index (κ1) is 18.9. The molecule has 1 aromatic carbocycles. The van der Waals surface area contributed by atoms with Crippen LogP contribution in [0.2, 0.25) is 0 Å². The number of amides is 3. The van der Waals surface area contributed by atoms with Gasteiger partial charge >= 0.3 is 6.03 Å². The van der Waals surface area contributed by atoms with Crippen molar-refractivity contribution in [1.29, 1.82) is 0 Å². The van der Waals surface area contributed by atoms with Gasteiger partial charge < -0.3 is 30.3 Å². The first-order chi connectivity index (χ1) is 13.7. The highest BCUT2D eigenvalue weighted by molar-refractivity contribution is 7.22. The molecule has 3 amide bonds. The summed E-state index contributed by atoms with van der Waals surface area (Å²) in [6.07, 6.45) is 0.853. The van der Waals surface area contributed by atoms with Gasteiger partial charge in [-0.15, -0.1) is 0 Å². The highest BCUT2D eigenvalue weighted by Crippen LogP contribution is 2.28. The molecule has 3 heterocycles. The Bertz CT molecular complexity index is 846. The highest BCUT2D eigenvalue weighted by Gasteiger charge is 2.18. The van der Waals surface area contributed by atoms with Gasteiger partial charge in [-0.25, -0.2) is 9.78 Å². The van der Waals surface area contributed by atoms with E-state index in [1.807, 2.05) is 18.2 Å². The molecule has 2 aromatic rings. The Labute approximate surface area is 166 Å². The van der Waals surface area contributed by atoms with E-state index in [-0.39, 0.29) is 24.5 Å². The molecule has 2 saturated heterocycles. The normalized spacial score (nSPS) is 19.6. The summed E-state index contributed by atoms with van der Waals surface area (Å²) in [6, 6.07) is 5.56. The second-order valence-corrected chi connectivity index (χ2v) is 7.74. The zero-order valence-electron chi connectivity index (χ0n) is 15.4. The quantitative estimate of drug-likeness (QED) is 0.696. The standard InChI is InChI=1S/C18H23N5O4S/c24-16(20-13-3-6-27-11-13)10-19-17-22-14-2-1-12(9-15(14)28-17)21-18(25)23-4-7-26-8-5-23/h1-2,9,13H,3-8,10-11H2,(H,19,22)(H,20,24)(H,21,25). The Morgan fingerprint density at radius 2 is 2.07 bits per heavy atom. The molecule has 1 unspecified atom stereocenters. The number of carbonyl (C=O) groups excluding carboxylic acids is 2. The van der Waals surface area contributed by atoms with Crippen molar-refractivity contribution in [2.75, 3.05) is 56.7 Å². The highest BCUT2D eigenvalue weighted by atomic mass is 32.1. The van der Waals surface area contributed by atoms with Crippen LogP contribution >= 0.6 is 11.3 Å². The van der Waals surface area contributed by atoms with E-state index < -0.39 is 0 Å². The SMILES string of the molecule is O=C(CNc1nc2ccc(NC(=O)N3CCOCC3)cc2s1)NC1CCOC1. The van der Waals surface area contributed by atoms with Gasteiger partial charge in [-0.05, 0) is 24.6 Å². The first-order valence-electron chi connectivity index (χ1n) is 9.32. The Balaban J connectivity index is 1.33. The fourth-order valence-electron chi connectivity index (χ4n) is 3.13. The molecule has 2 fully saturated rings. The smallest absolute Gasteiger partial charge is 0.322 e. The minimum atomic E-state index is -0.127. The number of hydrogen-bond acceptors (Lipinski definition) is 7. The Kier molecular flexibility index (Phi) is 5.89. The third-order valence-electron chi connectivity index (χ3n) is 4.63. The number of anilines is 2. The summed E-state index contributed by atoms with van der Waals surface area (Å²) < 4.78 is 11.5.